The molecule has 0 atom stereocenters. The average molecular weight is 523 g/mol. The highest BCUT2D eigenvalue weighted by atomic mass is 32.2. The molecule has 0 saturated heterocycles. The summed E-state index contributed by atoms with van der Waals surface area (Å²) >= 11 is 3.66. The van der Waals surface area contributed by atoms with Crippen LogP contribution in [-0.4, -0.2) is 0 Å². The van der Waals surface area contributed by atoms with Gasteiger partial charge in [-0.2, -0.15) is 0 Å². The van der Waals surface area contributed by atoms with Crippen LogP contribution in [0.15, 0.2) is 169 Å². The zero-order valence-electron chi connectivity index (χ0n) is 20.8. The van der Waals surface area contributed by atoms with Gasteiger partial charge in [-0.15, -0.1) is 0 Å². The average Bonchev–Trinajstić information content (AvgIpc) is 3.01. The molecule has 0 aliphatic carbocycles. The normalized spacial score (nSPS) is 15.2. The van der Waals surface area contributed by atoms with E-state index in [0.29, 0.717) is 0 Å². The van der Waals surface area contributed by atoms with E-state index in [2.05, 4.69) is 158 Å². The lowest BCUT2D eigenvalue weighted by atomic mass is 10.1. The van der Waals surface area contributed by atoms with Crippen molar-refractivity contribution >= 4 is 43.1 Å². The molecule has 0 aromatic heterocycles. The first-order valence-electron chi connectivity index (χ1n) is 12.7. The lowest BCUT2D eigenvalue weighted by Gasteiger charge is -2.18. The summed E-state index contributed by atoms with van der Waals surface area (Å²) in [7, 11) is 0. The second-order valence-electron chi connectivity index (χ2n) is 9.04. The Labute approximate surface area is 233 Å². The third-order valence-electron chi connectivity index (χ3n) is 6.33. The second-order valence-corrected chi connectivity index (χ2v) is 11.2. The molecule has 2 heterocycles. The number of hydrogen-bond acceptors (Lipinski definition) is 2. The van der Waals surface area contributed by atoms with Crippen molar-refractivity contribution < 1.29 is 0 Å². The van der Waals surface area contributed by atoms with E-state index in [9.17, 15) is 0 Å². The van der Waals surface area contributed by atoms with Crippen LogP contribution in [0.4, 0.5) is 0 Å². The van der Waals surface area contributed by atoms with Crippen LogP contribution < -0.4 is 0 Å². The topological polar surface area (TPSA) is 0 Å². The summed E-state index contributed by atoms with van der Waals surface area (Å²) in [5.41, 5.74) is 7.34. The van der Waals surface area contributed by atoms with Gasteiger partial charge in [0.25, 0.3) is 0 Å². The molecule has 2 aliphatic heterocycles. The first-order valence-corrected chi connectivity index (χ1v) is 14.3. The summed E-state index contributed by atoms with van der Waals surface area (Å²) in [6.45, 7) is 0. The second kappa shape index (κ2) is 11.6. The number of rotatable bonds is 5. The van der Waals surface area contributed by atoms with E-state index in [0.717, 1.165) is 0 Å². The van der Waals surface area contributed by atoms with Gasteiger partial charge in [0.2, 0.25) is 0 Å². The maximum absolute atomic E-state index is 2.30. The lowest BCUT2D eigenvalue weighted by Crippen LogP contribution is -1.92. The number of hydrogen-bond donors (Lipinski definition) is 0. The maximum Gasteiger partial charge on any atom is 0.0200 e. The Balaban J connectivity index is 1.42. The molecule has 0 bridgehead atoms. The molecule has 0 unspecified atom stereocenters. The molecule has 0 amide bonds. The zero-order chi connectivity index (χ0) is 25.6. The minimum Gasteiger partial charge on any atom is -0.0888 e. The SMILES string of the molecule is C(C=C1C=C(c2ccccc2)SC(c2ccccc2)=C1)=C1C=C(c2ccccc2)SC(c2ccccc2)=C1. The largest absolute Gasteiger partial charge is 0.0888 e. The van der Waals surface area contributed by atoms with Crippen LogP contribution >= 0.6 is 23.5 Å². The molecule has 0 radical (unpaired) electrons. The third-order valence-corrected chi connectivity index (χ3v) is 8.63. The maximum atomic E-state index is 2.30. The Morgan fingerprint density at radius 2 is 0.553 bits per heavy atom. The van der Waals surface area contributed by atoms with Crippen molar-refractivity contribution in [3.8, 4) is 0 Å². The van der Waals surface area contributed by atoms with Gasteiger partial charge in [0.1, 0.15) is 0 Å². The van der Waals surface area contributed by atoms with E-state index in [4.69, 9.17) is 0 Å². The minimum atomic E-state index is 1.19. The highest BCUT2D eigenvalue weighted by Crippen LogP contribution is 2.45. The zero-order valence-corrected chi connectivity index (χ0v) is 22.5. The molecule has 182 valence electrons. The fourth-order valence-corrected chi connectivity index (χ4v) is 6.68. The molecule has 4 aromatic rings. The van der Waals surface area contributed by atoms with E-state index in [1.807, 2.05) is 23.5 Å². The van der Waals surface area contributed by atoms with Gasteiger partial charge < -0.3 is 0 Å². The van der Waals surface area contributed by atoms with E-state index < -0.39 is 0 Å². The van der Waals surface area contributed by atoms with Crippen molar-refractivity contribution in [2.45, 2.75) is 0 Å². The Bertz CT molecular complexity index is 1360. The molecule has 0 saturated carbocycles. The molecule has 0 spiro atoms. The van der Waals surface area contributed by atoms with Gasteiger partial charge in [-0.05, 0) is 57.7 Å². The van der Waals surface area contributed by atoms with Gasteiger partial charge in [0, 0.05) is 19.6 Å². The molecule has 0 nitrogen and oxygen atoms in total. The number of allylic oxidation sites excluding steroid dienone is 8. The first-order chi connectivity index (χ1) is 18.8. The van der Waals surface area contributed by atoms with Gasteiger partial charge in [-0.25, -0.2) is 0 Å². The molecule has 4 aromatic carbocycles. The van der Waals surface area contributed by atoms with Crippen LogP contribution in [0.1, 0.15) is 22.3 Å². The Hall–Kier alpha value is -3.98. The summed E-state index contributed by atoms with van der Waals surface area (Å²) in [6, 6.07) is 42.6. The minimum absolute atomic E-state index is 1.19. The molecular formula is C36H26S2. The van der Waals surface area contributed by atoms with Crippen LogP contribution in [0.25, 0.3) is 19.6 Å². The summed E-state index contributed by atoms with van der Waals surface area (Å²) in [6.07, 6.45) is 13.7. The van der Waals surface area contributed by atoms with Crippen molar-refractivity contribution in [3.05, 3.63) is 191 Å². The Kier molecular flexibility index (Phi) is 7.44. The molecule has 6 rings (SSSR count). The Morgan fingerprint density at radius 3 is 0.789 bits per heavy atom. The molecule has 38 heavy (non-hydrogen) atoms. The van der Waals surface area contributed by atoms with Crippen molar-refractivity contribution in [1.82, 2.24) is 0 Å². The fourth-order valence-electron chi connectivity index (χ4n) is 4.41. The predicted molar refractivity (Wildman–Crippen MR) is 169 cm³/mol. The quantitative estimate of drug-likeness (QED) is 0.256. The highest BCUT2D eigenvalue weighted by Gasteiger charge is 2.16. The van der Waals surface area contributed by atoms with Crippen LogP contribution in [0.2, 0.25) is 0 Å². The molecular weight excluding hydrogens is 497 g/mol. The van der Waals surface area contributed by atoms with Gasteiger partial charge in [0.05, 0.1) is 0 Å². The summed E-state index contributed by atoms with van der Waals surface area (Å²) in [5.74, 6) is 0. The van der Waals surface area contributed by atoms with Crippen molar-refractivity contribution in [3.63, 3.8) is 0 Å². The van der Waals surface area contributed by atoms with Crippen LogP contribution in [-0.2, 0) is 0 Å². The summed E-state index contributed by atoms with van der Waals surface area (Å²) in [4.78, 5) is 5.04. The number of benzene rings is 4. The molecule has 0 fully saturated rings. The van der Waals surface area contributed by atoms with Gasteiger partial charge in [-0.3, -0.25) is 0 Å². The van der Waals surface area contributed by atoms with E-state index >= 15 is 0 Å². The monoisotopic (exact) mass is 522 g/mol. The number of thioether (sulfide) groups is 2. The standard InChI is InChI=1S/C36H26S2/c1-5-13-29(14-6-1)33-23-27(24-34(37-33)30-15-7-2-8-16-30)21-22-28-25-35(31-17-9-3-10-18-31)38-36(26-28)32-19-11-4-12-20-32/h1-26H. The third kappa shape index (κ3) is 5.78. The van der Waals surface area contributed by atoms with Gasteiger partial charge in [0.15, 0.2) is 0 Å². The molecule has 2 heteroatoms. The van der Waals surface area contributed by atoms with Crippen LogP contribution in [0.5, 0.6) is 0 Å². The summed E-state index contributed by atoms with van der Waals surface area (Å²) < 4.78 is 0. The predicted octanol–water partition coefficient (Wildman–Crippen LogP) is 10.5. The lowest BCUT2D eigenvalue weighted by molar-refractivity contribution is 1.58. The summed E-state index contributed by atoms with van der Waals surface area (Å²) in [5, 5.41) is 0. The Morgan fingerprint density at radius 1 is 0.316 bits per heavy atom. The molecule has 0 N–H and O–H groups in total. The van der Waals surface area contributed by atoms with Crippen LogP contribution in [0, 0.1) is 0 Å². The van der Waals surface area contributed by atoms with Gasteiger partial charge in [-0.1, -0.05) is 157 Å². The van der Waals surface area contributed by atoms with E-state index in [1.54, 1.807) is 0 Å². The molecule has 2 aliphatic rings. The van der Waals surface area contributed by atoms with Crippen LogP contribution in [0.3, 0.4) is 0 Å². The van der Waals surface area contributed by atoms with Crippen molar-refractivity contribution in [2.75, 3.05) is 0 Å². The van der Waals surface area contributed by atoms with Crippen molar-refractivity contribution in [1.29, 1.82) is 0 Å². The van der Waals surface area contributed by atoms with Gasteiger partial charge >= 0.3 is 0 Å². The van der Waals surface area contributed by atoms with E-state index in [1.165, 1.54) is 53.0 Å². The highest BCUT2D eigenvalue weighted by molar-refractivity contribution is 8.17. The first kappa shape index (κ1) is 24.4. The fraction of sp³-hybridized carbons (Fsp3) is 0. The van der Waals surface area contributed by atoms with E-state index in [-0.39, 0.29) is 0 Å². The van der Waals surface area contributed by atoms with Crippen molar-refractivity contribution in [2.24, 2.45) is 0 Å². The smallest absolute Gasteiger partial charge is 0.0200 e.